The first-order chi connectivity index (χ1) is 12.3. The molecular formula is C17H20F3NO5S. The maximum absolute atomic E-state index is 14.1. The van der Waals surface area contributed by atoms with E-state index in [1.54, 1.807) is 20.8 Å². The van der Waals surface area contributed by atoms with Crippen LogP contribution >= 0.6 is 0 Å². The molecule has 10 heteroatoms. The Hall–Kier alpha value is -2.07. The Morgan fingerprint density at radius 3 is 2.44 bits per heavy atom. The van der Waals surface area contributed by atoms with Crippen LogP contribution in [0.3, 0.4) is 0 Å². The second kappa shape index (κ2) is 7.16. The van der Waals surface area contributed by atoms with Crippen molar-refractivity contribution < 1.29 is 36.2 Å². The van der Waals surface area contributed by atoms with Crippen molar-refractivity contribution in [3.63, 3.8) is 0 Å². The van der Waals surface area contributed by atoms with Crippen molar-refractivity contribution in [1.82, 2.24) is 4.72 Å². The molecule has 1 aliphatic heterocycles. The Kier molecular flexibility index (Phi) is 5.63. The number of alkyl halides is 3. The van der Waals surface area contributed by atoms with Crippen LogP contribution in [0.15, 0.2) is 28.7 Å². The standard InChI is InChI=1S/C17H20F3NO5S/c1-16(2,3)21-27(24,25)11-4-5-13-10(8-11)9-12(15(22)23)14(26-13)17(19,20)6-7-18/h4-5,8-9,14,21H,6-7H2,1-3H3,(H,22,23). The lowest BCUT2D eigenvalue weighted by molar-refractivity contribution is -0.138. The summed E-state index contributed by atoms with van der Waals surface area (Å²) in [5.41, 5.74) is -1.51. The number of carbonyl (C=O) groups is 1. The lowest BCUT2D eigenvalue weighted by Gasteiger charge is -2.31. The molecule has 0 aliphatic carbocycles. The van der Waals surface area contributed by atoms with Crippen LogP contribution in [0, 0.1) is 0 Å². The highest BCUT2D eigenvalue weighted by atomic mass is 32.2. The lowest BCUT2D eigenvalue weighted by atomic mass is 9.96. The van der Waals surface area contributed by atoms with Gasteiger partial charge in [0.1, 0.15) is 5.75 Å². The molecule has 0 fully saturated rings. The molecule has 2 rings (SSSR count). The summed E-state index contributed by atoms with van der Waals surface area (Å²) in [5, 5.41) is 9.24. The lowest BCUT2D eigenvalue weighted by Crippen LogP contribution is -2.43. The maximum atomic E-state index is 14.1. The molecule has 1 unspecified atom stereocenters. The smallest absolute Gasteiger partial charge is 0.335 e. The molecule has 1 atom stereocenters. The number of rotatable bonds is 6. The van der Waals surface area contributed by atoms with Gasteiger partial charge in [0.25, 0.3) is 5.92 Å². The second-order valence-corrected chi connectivity index (χ2v) is 8.84. The molecule has 1 aliphatic rings. The Balaban J connectivity index is 2.49. The van der Waals surface area contributed by atoms with Gasteiger partial charge in [0, 0.05) is 17.5 Å². The summed E-state index contributed by atoms with van der Waals surface area (Å²) in [6.07, 6.45) is -2.44. The van der Waals surface area contributed by atoms with Crippen molar-refractivity contribution in [3.8, 4) is 5.75 Å². The Bertz CT molecular complexity index is 875. The van der Waals surface area contributed by atoms with Gasteiger partial charge >= 0.3 is 5.97 Å². The van der Waals surface area contributed by atoms with Crippen LogP contribution in [-0.2, 0) is 14.8 Å². The summed E-state index contributed by atoms with van der Waals surface area (Å²) < 4.78 is 73.0. The number of ether oxygens (including phenoxy) is 1. The fraction of sp³-hybridized carbons (Fsp3) is 0.471. The number of carboxylic acid groups (broad SMARTS) is 1. The average Bonchev–Trinajstić information content (AvgIpc) is 2.50. The van der Waals surface area contributed by atoms with Crippen molar-refractivity contribution in [2.75, 3.05) is 6.67 Å². The maximum Gasteiger partial charge on any atom is 0.335 e. The van der Waals surface area contributed by atoms with Crippen LogP contribution in [0.25, 0.3) is 6.08 Å². The van der Waals surface area contributed by atoms with Crippen molar-refractivity contribution >= 4 is 22.1 Å². The summed E-state index contributed by atoms with van der Waals surface area (Å²) in [6.45, 7) is 3.59. The summed E-state index contributed by atoms with van der Waals surface area (Å²) >= 11 is 0. The molecular weight excluding hydrogens is 387 g/mol. The zero-order chi connectivity index (χ0) is 20.6. The minimum absolute atomic E-state index is 0.0245. The van der Waals surface area contributed by atoms with Gasteiger partial charge in [0.15, 0.2) is 6.10 Å². The van der Waals surface area contributed by atoms with Crippen LogP contribution in [-0.4, -0.2) is 43.7 Å². The SMILES string of the molecule is CC(C)(C)NS(=O)(=O)c1ccc2c(c1)C=C(C(=O)O)C(C(F)(F)CCF)O2. The molecule has 0 saturated carbocycles. The highest BCUT2D eigenvalue weighted by Gasteiger charge is 2.47. The molecule has 0 bridgehead atoms. The highest BCUT2D eigenvalue weighted by molar-refractivity contribution is 7.89. The van der Waals surface area contributed by atoms with Crippen LogP contribution in [0.5, 0.6) is 5.75 Å². The highest BCUT2D eigenvalue weighted by Crippen LogP contribution is 2.39. The molecule has 0 aromatic heterocycles. The van der Waals surface area contributed by atoms with Crippen molar-refractivity contribution in [2.24, 2.45) is 0 Å². The van der Waals surface area contributed by atoms with Crippen molar-refractivity contribution in [3.05, 3.63) is 29.3 Å². The Morgan fingerprint density at radius 2 is 1.93 bits per heavy atom. The first-order valence-electron chi connectivity index (χ1n) is 8.00. The molecule has 0 saturated heterocycles. The van der Waals surface area contributed by atoms with Crippen LogP contribution in [0.1, 0.15) is 32.8 Å². The molecule has 1 aromatic rings. The summed E-state index contributed by atoms with van der Waals surface area (Å²) in [7, 11) is -3.92. The van der Waals surface area contributed by atoms with E-state index in [1.165, 1.54) is 6.07 Å². The Morgan fingerprint density at radius 1 is 1.30 bits per heavy atom. The van der Waals surface area contributed by atoms with Gasteiger partial charge in [-0.3, -0.25) is 4.39 Å². The number of nitrogens with one attached hydrogen (secondary N) is 1. The molecule has 0 spiro atoms. The molecule has 27 heavy (non-hydrogen) atoms. The minimum atomic E-state index is -3.92. The number of aliphatic carboxylic acids is 1. The van der Waals surface area contributed by atoms with Crippen LogP contribution in [0.4, 0.5) is 13.2 Å². The molecule has 0 amide bonds. The molecule has 1 heterocycles. The number of fused-ring (bicyclic) bond motifs is 1. The van der Waals surface area contributed by atoms with E-state index >= 15 is 0 Å². The van der Waals surface area contributed by atoms with Gasteiger partial charge in [-0.05, 0) is 45.0 Å². The van der Waals surface area contributed by atoms with Crippen LogP contribution in [0.2, 0.25) is 0 Å². The predicted octanol–water partition coefficient (Wildman–Crippen LogP) is 2.99. The molecule has 1 aromatic carbocycles. The predicted molar refractivity (Wildman–Crippen MR) is 92.1 cm³/mol. The number of hydrogen-bond acceptors (Lipinski definition) is 4. The third-order valence-electron chi connectivity index (χ3n) is 3.63. The van der Waals surface area contributed by atoms with Gasteiger partial charge in [0.05, 0.1) is 17.1 Å². The first-order valence-corrected chi connectivity index (χ1v) is 9.48. The van der Waals surface area contributed by atoms with E-state index in [0.717, 1.165) is 18.2 Å². The molecule has 150 valence electrons. The number of benzene rings is 1. The molecule has 2 N–H and O–H groups in total. The minimum Gasteiger partial charge on any atom is -0.478 e. The third kappa shape index (κ3) is 4.81. The van der Waals surface area contributed by atoms with E-state index in [0.29, 0.717) is 0 Å². The van der Waals surface area contributed by atoms with E-state index in [4.69, 9.17) is 4.74 Å². The normalized spacial score (nSPS) is 17.7. The van der Waals surface area contributed by atoms with E-state index < -0.39 is 52.2 Å². The first kappa shape index (κ1) is 21.2. The molecule has 6 nitrogen and oxygen atoms in total. The van der Waals surface area contributed by atoms with Gasteiger partial charge in [-0.1, -0.05) is 0 Å². The van der Waals surface area contributed by atoms with Gasteiger partial charge in [-0.25, -0.2) is 26.7 Å². The quantitative estimate of drug-likeness (QED) is 0.756. The summed E-state index contributed by atoms with van der Waals surface area (Å²) in [6, 6.07) is 3.47. The van der Waals surface area contributed by atoms with Crippen molar-refractivity contribution in [1.29, 1.82) is 0 Å². The Labute approximate surface area is 155 Å². The zero-order valence-corrected chi connectivity index (χ0v) is 15.7. The summed E-state index contributed by atoms with van der Waals surface area (Å²) in [5.74, 6) is -5.52. The topological polar surface area (TPSA) is 92.7 Å². The second-order valence-electron chi connectivity index (χ2n) is 7.16. The number of hydrogen-bond donors (Lipinski definition) is 2. The van der Waals surface area contributed by atoms with E-state index in [9.17, 15) is 31.5 Å². The number of halogens is 3. The van der Waals surface area contributed by atoms with E-state index in [1.807, 2.05) is 0 Å². The molecule has 0 radical (unpaired) electrons. The fourth-order valence-corrected chi connectivity index (χ4v) is 4.01. The zero-order valence-electron chi connectivity index (χ0n) is 14.9. The fourth-order valence-electron chi connectivity index (χ4n) is 2.55. The van der Waals surface area contributed by atoms with Crippen molar-refractivity contribution in [2.45, 2.75) is 49.7 Å². The van der Waals surface area contributed by atoms with E-state index in [2.05, 4.69) is 4.72 Å². The van der Waals surface area contributed by atoms with Crippen LogP contribution < -0.4 is 9.46 Å². The third-order valence-corrected chi connectivity index (χ3v) is 5.38. The van der Waals surface area contributed by atoms with Gasteiger partial charge < -0.3 is 9.84 Å². The monoisotopic (exact) mass is 407 g/mol. The van der Waals surface area contributed by atoms with Gasteiger partial charge in [0.2, 0.25) is 10.0 Å². The largest absolute Gasteiger partial charge is 0.478 e. The number of carboxylic acids is 1. The van der Waals surface area contributed by atoms with Gasteiger partial charge in [-0.15, -0.1) is 0 Å². The number of sulfonamides is 1. The van der Waals surface area contributed by atoms with Gasteiger partial charge in [-0.2, -0.15) is 0 Å². The van der Waals surface area contributed by atoms with E-state index in [-0.39, 0.29) is 16.2 Å². The average molecular weight is 407 g/mol. The summed E-state index contributed by atoms with van der Waals surface area (Å²) in [4.78, 5) is 11.2.